The summed E-state index contributed by atoms with van der Waals surface area (Å²) in [5, 5.41) is 4.08. The van der Waals surface area contributed by atoms with Crippen molar-refractivity contribution in [3.63, 3.8) is 0 Å². The zero-order valence-electron chi connectivity index (χ0n) is 13.3. The molecule has 25 heavy (non-hydrogen) atoms. The number of carbonyl (C=O) groups is 1. The van der Waals surface area contributed by atoms with Gasteiger partial charge in [0.2, 0.25) is 0 Å². The van der Waals surface area contributed by atoms with Crippen molar-refractivity contribution >= 4 is 5.97 Å². The summed E-state index contributed by atoms with van der Waals surface area (Å²) in [5.41, 5.74) is 0.695. The van der Waals surface area contributed by atoms with Crippen molar-refractivity contribution in [3.05, 3.63) is 87.0 Å². The number of nitrogens with zero attached hydrogens (tertiary/aromatic N) is 3. The van der Waals surface area contributed by atoms with E-state index in [1.54, 1.807) is 12.4 Å². The van der Waals surface area contributed by atoms with E-state index in [1.165, 1.54) is 21.5 Å². The van der Waals surface area contributed by atoms with Crippen LogP contribution in [0.3, 0.4) is 0 Å². The number of aromatic amines is 1. The van der Waals surface area contributed by atoms with Crippen LogP contribution in [0.2, 0.25) is 0 Å². The van der Waals surface area contributed by atoms with Gasteiger partial charge in [-0.3, -0.25) is 23.8 Å². The molecule has 128 valence electrons. The Balaban J connectivity index is 1.57. The molecule has 0 atom stereocenters. The van der Waals surface area contributed by atoms with Gasteiger partial charge in [-0.15, -0.1) is 0 Å². The fourth-order valence-corrected chi connectivity index (χ4v) is 2.26. The topological polar surface area (TPSA) is 99.0 Å². The van der Waals surface area contributed by atoms with Gasteiger partial charge in [0, 0.05) is 24.0 Å². The van der Waals surface area contributed by atoms with E-state index < -0.39 is 17.2 Å². The quantitative estimate of drug-likeness (QED) is 0.660. The molecular formula is C17H16N4O4. The molecule has 0 bridgehead atoms. The summed E-state index contributed by atoms with van der Waals surface area (Å²) in [6.45, 7) is 0.433. The van der Waals surface area contributed by atoms with Crippen LogP contribution < -0.4 is 11.2 Å². The molecule has 3 aromatic rings. The van der Waals surface area contributed by atoms with Crippen molar-refractivity contribution in [1.29, 1.82) is 0 Å². The molecule has 8 nitrogen and oxygen atoms in total. The lowest BCUT2D eigenvalue weighted by molar-refractivity contribution is -0.145. The van der Waals surface area contributed by atoms with E-state index in [2.05, 4.69) is 10.1 Å². The van der Waals surface area contributed by atoms with Crippen LogP contribution >= 0.6 is 0 Å². The second-order valence-corrected chi connectivity index (χ2v) is 5.43. The molecule has 0 amide bonds. The van der Waals surface area contributed by atoms with Crippen molar-refractivity contribution in [1.82, 2.24) is 19.3 Å². The zero-order chi connectivity index (χ0) is 17.6. The van der Waals surface area contributed by atoms with Crippen LogP contribution in [-0.2, 0) is 29.2 Å². The average Bonchev–Trinajstić information content (AvgIpc) is 3.03. The number of esters is 1. The van der Waals surface area contributed by atoms with Gasteiger partial charge >= 0.3 is 11.7 Å². The molecule has 0 unspecified atom stereocenters. The zero-order valence-corrected chi connectivity index (χ0v) is 13.3. The number of ether oxygens (including phenoxy) is 1. The Labute approximate surface area is 142 Å². The van der Waals surface area contributed by atoms with Gasteiger partial charge in [0.1, 0.15) is 13.2 Å². The third-order valence-electron chi connectivity index (χ3n) is 3.47. The van der Waals surface area contributed by atoms with Crippen LogP contribution in [0.5, 0.6) is 0 Å². The Kier molecular flexibility index (Phi) is 4.89. The van der Waals surface area contributed by atoms with Crippen molar-refractivity contribution in [2.75, 3.05) is 0 Å². The van der Waals surface area contributed by atoms with E-state index >= 15 is 0 Å². The highest BCUT2D eigenvalue weighted by Gasteiger charge is 2.07. The number of aromatic nitrogens is 4. The average molecular weight is 340 g/mol. The maximum Gasteiger partial charge on any atom is 0.328 e. The molecule has 2 aromatic heterocycles. The minimum Gasteiger partial charge on any atom is -0.459 e. The summed E-state index contributed by atoms with van der Waals surface area (Å²) in [5.74, 6) is -0.403. The lowest BCUT2D eigenvalue weighted by atomic mass is 10.2. The number of hydrogen-bond acceptors (Lipinski definition) is 5. The fraction of sp³-hybridized carbons (Fsp3) is 0.176. The molecule has 0 aliphatic carbocycles. The largest absolute Gasteiger partial charge is 0.459 e. The lowest BCUT2D eigenvalue weighted by Gasteiger charge is -2.05. The Hall–Kier alpha value is -3.42. The van der Waals surface area contributed by atoms with Gasteiger partial charge in [-0.05, 0) is 5.56 Å². The van der Waals surface area contributed by atoms with Crippen LogP contribution in [0.25, 0.3) is 0 Å². The first-order chi connectivity index (χ1) is 12.1. The number of H-pyrrole nitrogens is 1. The van der Waals surface area contributed by atoms with Gasteiger partial charge in [0.05, 0.1) is 12.7 Å². The van der Waals surface area contributed by atoms with Crippen LogP contribution in [0, 0.1) is 0 Å². The van der Waals surface area contributed by atoms with Crippen molar-refractivity contribution in [3.8, 4) is 0 Å². The van der Waals surface area contributed by atoms with Gasteiger partial charge in [-0.1, -0.05) is 30.3 Å². The molecule has 0 fully saturated rings. The number of benzene rings is 1. The molecule has 8 heteroatoms. The van der Waals surface area contributed by atoms with Gasteiger partial charge in [0.15, 0.2) is 0 Å². The molecule has 3 rings (SSSR count). The highest BCUT2D eigenvalue weighted by Crippen LogP contribution is 2.03. The van der Waals surface area contributed by atoms with E-state index in [0.717, 1.165) is 11.1 Å². The molecule has 0 saturated carbocycles. The van der Waals surface area contributed by atoms with Crippen LogP contribution in [-0.4, -0.2) is 25.3 Å². The SMILES string of the molecule is O=C(Cn1cc(Cn2ccc(=O)[nH]c2=O)cn1)OCc1ccccc1. The van der Waals surface area contributed by atoms with Gasteiger partial charge in [-0.2, -0.15) is 5.10 Å². The minimum atomic E-state index is -0.498. The Morgan fingerprint density at radius 1 is 1.12 bits per heavy atom. The number of rotatable bonds is 6. The molecule has 2 heterocycles. The first-order valence-corrected chi connectivity index (χ1v) is 7.61. The smallest absolute Gasteiger partial charge is 0.328 e. The van der Waals surface area contributed by atoms with E-state index in [0.29, 0.717) is 0 Å². The minimum absolute atomic E-state index is 0.0205. The molecule has 0 aliphatic rings. The summed E-state index contributed by atoms with van der Waals surface area (Å²) in [4.78, 5) is 36.8. The highest BCUT2D eigenvalue weighted by atomic mass is 16.5. The fourth-order valence-electron chi connectivity index (χ4n) is 2.26. The third-order valence-corrected chi connectivity index (χ3v) is 3.47. The first-order valence-electron chi connectivity index (χ1n) is 7.61. The van der Waals surface area contributed by atoms with E-state index in [4.69, 9.17) is 4.74 Å². The maximum atomic E-state index is 11.9. The normalized spacial score (nSPS) is 10.6. The number of nitrogens with one attached hydrogen (secondary N) is 1. The van der Waals surface area contributed by atoms with E-state index in [9.17, 15) is 14.4 Å². The Bertz CT molecular complexity index is 972. The molecule has 1 N–H and O–H groups in total. The summed E-state index contributed by atoms with van der Waals surface area (Å²) >= 11 is 0. The molecule has 1 aromatic carbocycles. The number of carbonyl (C=O) groups excluding carboxylic acids is 1. The Morgan fingerprint density at radius 2 is 1.92 bits per heavy atom. The molecule has 0 aliphatic heterocycles. The highest BCUT2D eigenvalue weighted by molar-refractivity contribution is 5.69. The summed E-state index contributed by atoms with van der Waals surface area (Å²) < 4.78 is 7.98. The van der Waals surface area contributed by atoms with Crippen molar-refractivity contribution in [2.24, 2.45) is 0 Å². The van der Waals surface area contributed by atoms with E-state index in [-0.39, 0.29) is 19.7 Å². The monoisotopic (exact) mass is 340 g/mol. The maximum absolute atomic E-state index is 11.9. The Morgan fingerprint density at radius 3 is 2.68 bits per heavy atom. The number of hydrogen-bond donors (Lipinski definition) is 1. The van der Waals surface area contributed by atoms with Crippen LogP contribution in [0.1, 0.15) is 11.1 Å². The standard InChI is InChI=1S/C17H16N4O4/c22-15-6-7-20(17(24)19-15)9-14-8-18-21(10-14)11-16(23)25-12-13-4-2-1-3-5-13/h1-8,10H,9,11-12H2,(H,19,22,24). The van der Waals surface area contributed by atoms with E-state index in [1.807, 2.05) is 30.3 Å². The van der Waals surface area contributed by atoms with Gasteiger partial charge < -0.3 is 4.74 Å². The predicted molar refractivity (Wildman–Crippen MR) is 88.9 cm³/mol. The summed E-state index contributed by atoms with van der Waals surface area (Å²) in [7, 11) is 0. The van der Waals surface area contributed by atoms with Gasteiger partial charge in [0.25, 0.3) is 5.56 Å². The molecule has 0 spiro atoms. The second-order valence-electron chi connectivity index (χ2n) is 5.43. The predicted octanol–water partition coefficient (Wildman–Crippen LogP) is 0.525. The summed E-state index contributed by atoms with van der Waals surface area (Å²) in [6, 6.07) is 10.7. The lowest BCUT2D eigenvalue weighted by Crippen LogP contribution is -2.28. The van der Waals surface area contributed by atoms with Gasteiger partial charge in [-0.25, -0.2) is 4.79 Å². The third kappa shape index (κ3) is 4.54. The first kappa shape index (κ1) is 16.4. The summed E-state index contributed by atoms with van der Waals surface area (Å²) in [6.07, 6.45) is 4.62. The van der Waals surface area contributed by atoms with Crippen LogP contribution in [0.4, 0.5) is 0 Å². The molecule has 0 saturated heterocycles. The molecular weight excluding hydrogens is 324 g/mol. The molecule has 0 radical (unpaired) electrons. The van der Waals surface area contributed by atoms with Crippen molar-refractivity contribution < 1.29 is 9.53 Å². The van der Waals surface area contributed by atoms with Crippen LogP contribution in [0.15, 0.2) is 64.6 Å². The van der Waals surface area contributed by atoms with Crippen molar-refractivity contribution in [2.45, 2.75) is 19.7 Å². The second kappa shape index (κ2) is 7.43.